The Hall–Kier alpha value is -1.59. The van der Waals surface area contributed by atoms with E-state index in [1.807, 2.05) is 6.07 Å². The lowest BCUT2D eigenvalue weighted by molar-refractivity contribution is 0.310. The van der Waals surface area contributed by atoms with Crippen molar-refractivity contribution >= 4 is 17.7 Å². The first-order valence-electron chi connectivity index (χ1n) is 5.70. The molecule has 4 nitrogen and oxygen atoms in total. The second kappa shape index (κ2) is 6.37. The molecular weight excluding hydrogens is 246 g/mol. The van der Waals surface area contributed by atoms with Gasteiger partial charge in [-0.3, -0.25) is 0 Å². The number of anilines is 1. The summed E-state index contributed by atoms with van der Waals surface area (Å²) in [6.07, 6.45) is 1.71. The fraction of sp³-hybridized carbons (Fsp3) is 0.231. The maximum atomic E-state index is 8.73. The first kappa shape index (κ1) is 12.9. The number of benzene rings is 1. The Kier molecular flexibility index (Phi) is 4.55. The van der Waals surface area contributed by atoms with Gasteiger partial charge >= 0.3 is 0 Å². The molecule has 2 aromatic rings. The second-order valence-electron chi connectivity index (χ2n) is 3.78. The Bertz CT molecular complexity index is 502. The van der Waals surface area contributed by atoms with Crippen LogP contribution in [0.5, 0.6) is 0 Å². The van der Waals surface area contributed by atoms with Crippen LogP contribution in [0.1, 0.15) is 5.56 Å². The van der Waals surface area contributed by atoms with Gasteiger partial charge in [-0.15, -0.1) is 0 Å². The van der Waals surface area contributed by atoms with Crippen molar-refractivity contribution in [3.8, 4) is 0 Å². The highest BCUT2D eigenvalue weighted by molar-refractivity contribution is 7.99. The molecule has 0 amide bonds. The third-order valence-electron chi connectivity index (χ3n) is 2.27. The van der Waals surface area contributed by atoms with Gasteiger partial charge in [0, 0.05) is 17.6 Å². The predicted molar refractivity (Wildman–Crippen MR) is 72.9 cm³/mol. The monoisotopic (exact) mass is 261 g/mol. The maximum absolute atomic E-state index is 8.73. The predicted octanol–water partition coefficient (Wildman–Crippen LogP) is 2.34. The topological polar surface area (TPSA) is 58.0 Å². The fourth-order valence-electron chi connectivity index (χ4n) is 1.38. The van der Waals surface area contributed by atoms with Crippen LogP contribution < -0.4 is 5.32 Å². The summed E-state index contributed by atoms with van der Waals surface area (Å²) in [6, 6.07) is 10.2. The molecule has 0 atom stereocenters. The molecule has 94 valence electrons. The lowest BCUT2D eigenvalue weighted by atomic mass is 10.2. The average molecular weight is 261 g/mol. The van der Waals surface area contributed by atoms with Crippen molar-refractivity contribution in [1.29, 1.82) is 0 Å². The summed E-state index contributed by atoms with van der Waals surface area (Å²) >= 11 is 1.59. The van der Waals surface area contributed by atoms with Gasteiger partial charge in [0.25, 0.3) is 0 Å². The lowest BCUT2D eigenvalue weighted by Gasteiger charge is -2.05. The van der Waals surface area contributed by atoms with Gasteiger partial charge in [0.15, 0.2) is 0 Å². The van der Waals surface area contributed by atoms with Crippen molar-refractivity contribution in [1.82, 2.24) is 9.97 Å². The first-order valence-corrected chi connectivity index (χ1v) is 6.52. The maximum Gasteiger partial charge on any atom is 0.223 e. The van der Waals surface area contributed by atoms with Gasteiger partial charge < -0.3 is 10.4 Å². The smallest absolute Gasteiger partial charge is 0.223 e. The van der Waals surface area contributed by atoms with Crippen LogP contribution in [-0.2, 0) is 0 Å². The van der Waals surface area contributed by atoms with Crippen molar-refractivity contribution in [2.24, 2.45) is 0 Å². The van der Waals surface area contributed by atoms with Crippen molar-refractivity contribution in [2.45, 2.75) is 16.8 Å². The van der Waals surface area contributed by atoms with Gasteiger partial charge in [0.1, 0.15) is 5.03 Å². The van der Waals surface area contributed by atoms with Crippen LogP contribution in [0.2, 0.25) is 0 Å². The molecule has 2 rings (SSSR count). The van der Waals surface area contributed by atoms with E-state index in [1.54, 1.807) is 18.0 Å². The van der Waals surface area contributed by atoms with E-state index in [0.29, 0.717) is 12.5 Å². The highest BCUT2D eigenvalue weighted by Crippen LogP contribution is 2.26. The van der Waals surface area contributed by atoms with Crippen molar-refractivity contribution in [2.75, 3.05) is 18.5 Å². The summed E-state index contributed by atoms with van der Waals surface area (Å²) in [7, 11) is 0. The average Bonchev–Trinajstić information content (AvgIpc) is 2.40. The molecule has 0 saturated heterocycles. The number of hydrogen-bond donors (Lipinski definition) is 2. The van der Waals surface area contributed by atoms with Gasteiger partial charge in [-0.05, 0) is 25.1 Å². The largest absolute Gasteiger partial charge is 0.395 e. The Morgan fingerprint density at radius 2 is 2.00 bits per heavy atom. The summed E-state index contributed by atoms with van der Waals surface area (Å²) in [5.74, 6) is 0.543. The molecule has 1 aromatic carbocycles. The summed E-state index contributed by atoms with van der Waals surface area (Å²) in [5, 5.41) is 12.6. The minimum atomic E-state index is 0.0681. The number of hydrogen-bond acceptors (Lipinski definition) is 5. The van der Waals surface area contributed by atoms with E-state index in [0.717, 1.165) is 9.92 Å². The van der Waals surface area contributed by atoms with E-state index in [4.69, 9.17) is 5.11 Å². The molecule has 1 aromatic heterocycles. The zero-order valence-corrected chi connectivity index (χ0v) is 10.9. The zero-order chi connectivity index (χ0) is 12.8. The summed E-state index contributed by atoms with van der Waals surface area (Å²) in [4.78, 5) is 9.59. The van der Waals surface area contributed by atoms with Gasteiger partial charge in [0.05, 0.1) is 6.61 Å². The SMILES string of the molecule is Cc1ccc(Sc2ccnc(NCCO)n2)cc1. The zero-order valence-electron chi connectivity index (χ0n) is 10.1. The second-order valence-corrected chi connectivity index (χ2v) is 4.88. The standard InChI is InChI=1S/C13H15N3OS/c1-10-2-4-11(5-3-10)18-12-6-7-14-13(16-12)15-8-9-17/h2-7,17H,8-9H2,1H3,(H,14,15,16). The van der Waals surface area contributed by atoms with Gasteiger partial charge in [-0.25, -0.2) is 9.97 Å². The summed E-state index contributed by atoms with van der Waals surface area (Å²) in [5.41, 5.74) is 1.24. The van der Waals surface area contributed by atoms with E-state index < -0.39 is 0 Å². The van der Waals surface area contributed by atoms with Crippen LogP contribution in [0.4, 0.5) is 5.95 Å². The molecular formula is C13H15N3OS. The van der Waals surface area contributed by atoms with Crippen LogP contribution >= 0.6 is 11.8 Å². The summed E-state index contributed by atoms with van der Waals surface area (Å²) in [6.45, 7) is 2.59. The number of aliphatic hydroxyl groups is 1. The number of nitrogens with zero attached hydrogens (tertiary/aromatic N) is 2. The van der Waals surface area contributed by atoms with Crippen LogP contribution in [0.25, 0.3) is 0 Å². The third kappa shape index (κ3) is 3.72. The first-order chi connectivity index (χ1) is 8.78. The van der Waals surface area contributed by atoms with Crippen LogP contribution in [0.3, 0.4) is 0 Å². The molecule has 0 aliphatic carbocycles. The number of rotatable bonds is 5. The Morgan fingerprint density at radius 3 is 2.72 bits per heavy atom. The molecule has 1 heterocycles. The molecule has 2 N–H and O–H groups in total. The molecule has 0 saturated carbocycles. The molecule has 0 aliphatic rings. The molecule has 18 heavy (non-hydrogen) atoms. The molecule has 5 heteroatoms. The molecule has 0 spiro atoms. The number of nitrogens with one attached hydrogen (secondary N) is 1. The normalized spacial score (nSPS) is 10.3. The Morgan fingerprint density at radius 1 is 1.22 bits per heavy atom. The number of aromatic nitrogens is 2. The highest BCUT2D eigenvalue weighted by Gasteiger charge is 2.01. The third-order valence-corrected chi connectivity index (χ3v) is 3.21. The van der Waals surface area contributed by atoms with E-state index in [2.05, 4.69) is 46.5 Å². The molecule has 0 bridgehead atoms. The molecule has 0 radical (unpaired) electrons. The number of aliphatic hydroxyl groups excluding tert-OH is 1. The van der Waals surface area contributed by atoms with E-state index in [9.17, 15) is 0 Å². The van der Waals surface area contributed by atoms with Gasteiger partial charge in [0.2, 0.25) is 5.95 Å². The van der Waals surface area contributed by atoms with Crippen LogP contribution in [0, 0.1) is 6.92 Å². The highest BCUT2D eigenvalue weighted by atomic mass is 32.2. The van der Waals surface area contributed by atoms with Crippen LogP contribution in [-0.4, -0.2) is 28.2 Å². The van der Waals surface area contributed by atoms with E-state index in [-0.39, 0.29) is 6.61 Å². The molecule has 0 aliphatic heterocycles. The van der Waals surface area contributed by atoms with E-state index in [1.165, 1.54) is 5.56 Å². The fourth-order valence-corrected chi connectivity index (χ4v) is 2.15. The van der Waals surface area contributed by atoms with Gasteiger partial charge in [-0.1, -0.05) is 29.5 Å². The lowest BCUT2D eigenvalue weighted by Crippen LogP contribution is -2.08. The Balaban J connectivity index is 2.06. The van der Waals surface area contributed by atoms with E-state index >= 15 is 0 Å². The van der Waals surface area contributed by atoms with Gasteiger partial charge in [-0.2, -0.15) is 0 Å². The van der Waals surface area contributed by atoms with Crippen molar-refractivity contribution in [3.63, 3.8) is 0 Å². The quantitative estimate of drug-likeness (QED) is 0.809. The van der Waals surface area contributed by atoms with Crippen molar-refractivity contribution < 1.29 is 5.11 Å². The molecule has 0 unspecified atom stereocenters. The van der Waals surface area contributed by atoms with Crippen LogP contribution in [0.15, 0.2) is 46.5 Å². The minimum Gasteiger partial charge on any atom is -0.395 e. The minimum absolute atomic E-state index is 0.0681. The molecule has 0 fully saturated rings. The summed E-state index contributed by atoms with van der Waals surface area (Å²) < 4.78 is 0. The Labute approximate surface area is 110 Å². The number of aryl methyl sites for hydroxylation is 1. The van der Waals surface area contributed by atoms with Crippen molar-refractivity contribution in [3.05, 3.63) is 42.1 Å².